The first-order valence-corrected chi connectivity index (χ1v) is 11.1. The lowest BCUT2D eigenvalue weighted by atomic mass is 9.67. The third kappa shape index (κ3) is 3.91. The molecule has 2 aromatic carbocycles. The Hall–Kier alpha value is -2.53. The summed E-state index contributed by atoms with van der Waals surface area (Å²) in [5.74, 6) is 1.74. The van der Waals surface area contributed by atoms with Crippen molar-refractivity contribution in [2.24, 2.45) is 11.3 Å². The Balaban J connectivity index is 1.75. The summed E-state index contributed by atoms with van der Waals surface area (Å²) in [6, 6.07) is 21.1. The van der Waals surface area contributed by atoms with Crippen LogP contribution in [0.15, 0.2) is 60.7 Å². The van der Waals surface area contributed by atoms with Crippen LogP contribution in [-0.2, 0) is 5.54 Å². The minimum atomic E-state index is -0.0763. The zero-order valence-corrected chi connectivity index (χ0v) is 18.6. The number of benzene rings is 2. The first-order chi connectivity index (χ1) is 14.4. The van der Waals surface area contributed by atoms with Crippen molar-refractivity contribution in [3.8, 4) is 0 Å². The molecule has 0 aliphatic heterocycles. The van der Waals surface area contributed by atoms with Crippen molar-refractivity contribution in [1.29, 1.82) is 0 Å². The van der Waals surface area contributed by atoms with Crippen molar-refractivity contribution in [3.63, 3.8) is 0 Å². The number of hydrogen-bond acceptors (Lipinski definition) is 3. The molecule has 0 amide bonds. The fourth-order valence-corrected chi connectivity index (χ4v) is 5.08. The van der Waals surface area contributed by atoms with Crippen molar-refractivity contribution in [2.75, 3.05) is 7.05 Å². The smallest absolute Gasteiger partial charge is 0.213 e. The van der Waals surface area contributed by atoms with Crippen LogP contribution in [0.4, 0.5) is 0 Å². The van der Waals surface area contributed by atoms with E-state index in [1.807, 2.05) is 0 Å². The van der Waals surface area contributed by atoms with Crippen LogP contribution in [0.5, 0.6) is 0 Å². The van der Waals surface area contributed by atoms with Gasteiger partial charge in [0.25, 0.3) is 0 Å². The number of rotatable bonds is 5. The van der Waals surface area contributed by atoms with Gasteiger partial charge in [0.2, 0.25) is 5.82 Å². The van der Waals surface area contributed by atoms with Gasteiger partial charge in [0.05, 0.1) is 7.05 Å². The summed E-state index contributed by atoms with van der Waals surface area (Å²) in [5.41, 5.74) is 2.67. The maximum absolute atomic E-state index is 4.61. The molecule has 30 heavy (non-hydrogen) atoms. The standard InChI is InChI=1S/C25H33N5/c1-24(2,3)21-15-17-25(26-4,18-16-21)23-27-28-29-30(23)22(19-11-7-5-8-12-19)20-13-9-6-10-14-20/h5-14,21-22,26H,15-18H2,1-4H3/p+1. The van der Waals surface area contributed by atoms with Crippen LogP contribution in [0.25, 0.3) is 0 Å². The number of nitrogens with two attached hydrogens (primary N) is 1. The molecule has 5 heteroatoms. The third-order valence-corrected chi connectivity index (χ3v) is 7.07. The fourth-order valence-electron chi connectivity index (χ4n) is 5.08. The van der Waals surface area contributed by atoms with E-state index in [1.54, 1.807) is 0 Å². The molecule has 5 nitrogen and oxygen atoms in total. The predicted octanol–water partition coefficient (Wildman–Crippen LogP) is 3.94. The van der Waals surface area contributed by atoms with E-state index in [0.717, 1.165) is 24.6 Å². The predicted molar refractivity (Wildman–Crippen MR) is 119 cm³/mol. The summed E-state index contributed by atoms with van der Waals surface area (Å²) in [6.45, 7) is 7.10. The summed E-state index contributed by atoms with van der Waals surface area (Å²) in [4.78, 5) is 0. The van der Waals surface area contributed by atoms with Gasteiger partial charge in [-0.3, -0.25) is 0 Å². The molecular weight excluding hydrogens is 370 g/mol. The van der Waals surface area contributed by atoms with Gasteiger partial charge >= 0.3 is 0 Å². The van der Waals surface area contributed by atoms with Gasteiger partial charge in [-0.25, -0.2) is 4.68 Å². The van der Waals surface area contributed by atoms with Gasteiger partial charge in [-0.2, -0.15) is 0 Å². The summed E-state index contributed by atoms with van der Waals surface area (Å²) in [6.07, 6.45) is 4.62. The Morgan fingerprint density at radius 1 is 0.933 bits per heavy atom. The van der Waals surface area contributed by atoms with E-state index in [-0.39, 0.29) is 11.6 Å². The van der Waals surface area contributed by atoms with Gasteiger partial charge in [-0.15, -0.1) is 5.10 Å². The van der Waals surface area contributed by atoms with E-state index in [0.29, 0.717) is 5.41 Å². The topological polar surface area (TPSA) is 60.2 Å². The van der Waals surface area contributed by atoms with Gasteiger partial charge in [0, 0.05) is 12.8 Å². The van der Waals surface area contributed by atoms with Gasteiger partial charge < -0.3 is 5.32 Å². The molecule has 3 aromatic rings. The fraction of sp³-hybridized carbons (Fsp3) is 0.480. The van der Waals surface area contributed by atoms with Crippen LogP contribution < -0.4 is 5.32 Å². The van der Waals surface area contributed by atoms with E-state index in [2.05, 4.69) is 114 Å². The molecule has 0 spiro atoms. The third-order valence-electron chi connectivity index (χ3n) is 7.07. The van der Waals surface area contributed by atoms with Crippen molar-refractivity contribution in [3.05, 3.63) is 77.6 Å². The van der Waals surface area contributed by atoms with E-state index in [4.69, 9.17) is 0 Å². The maximum atomic E-state index is 4.61. The second-order valence-electron chi connectivity index (χ2n) is 9.76. The highest BCUT2D eigenvalue weighted by Gasteiger charge is 2.46. The average molecular weight is 405 g/mol. The van der Waals surface area contributed by atoms with Crippen molar-refractivity contribution in [1.82, 2.24) is 20.2 Å². The monoisotopic (exact) mass is 404 g/mol. The second-order valence-corrected chi connectivity index (χ2v) is 9.76. The molecule has 158 valence electrons. The lowest BCUT2D eigenvalue weighted by Gasteiger charge is -2.41. The summed E-state index contributed by atoms with van der Waals surface area (Å²) in [5, 5.41) is 15.7. The van der Waals surface area contributed by atoms with Crippen LogP contribution in [0, 0.1) is 11.3 Å². The Bertz CT molecular complexity index is 895. The highest BCUT2D eigenvalue weighted by atomic mass is 15.6. The Morgan fingerprint density at radius 3 is 1.93 bits per heavy atom. The Morgan fingerprint density at radius 2 is 1.47 bits per heavy atom. The van der Waals surface area contributed by atoms with Crippen molar-refractivity contribution in [2.45, 2.75) is 58.0 Å². The van der Waals surface area contributed by atoms with Gasteiger partial charge in [-0.1, -0.05) is 81.4 Å². The van der Waals surface area contributed by atoms with E-state index in [1.165, 1.54) is 24.0 Å². The molecule has 1 aliphatic rings. The lowest BCUT2D eigenvalue weighted by Crippen LogP contribution is -2.92. The summed E-state index contributed by atoms with van der Waals surface area (Å²) >= 11 is 0. The Labute approximate surface area is 179 Å². The molecule has 2 N–H and O–H groups in total. The number of quaternary nitrogens is 1. The molecular formula is C25H34N5+. The molecule has 1 fully saturated rings. The molecule has 0 atom stereocenters. The Kier molecular flexibility index (Phi) is 5.74. The van der Waals surface area contributed by atoms with E-state index < -0.39 is 0 Å². The van der Waals surface area contributed by atoms with Gasteiger partial charge in [0.15, 0.2) is 5.54 Å². The molecule has 0 saturated heterocycles. The van der Waals surface area contributed by atoms with Crippen molar-refractivity contribution >= 4 is 0 Å². The molecule has 1 aliphatic carbocycles. The van der Waals surface area contributed by atoms with E-state index in [9.17, 15) is 0 Å². The first kappa shape index (κ1) is 20.7. The SMILES string of the molecule is C[NH2+]C1(c2nnnn2C(c2ccccc2)c2ccccc2)CCC(C(C)(C)C)CC1. The number of aromatic nitrogens is 4. The first-order valence-electron chi connectivity index (χ1n) is 11.1. The number of tetrazole rings is 1. The van der Waals surface area contributed by atoms with Gasteiger partial charge in [0.1, 0.15) is 6.04 Å². The largest absolute Gasteiger partial charge is 0.337 e. The molecule has 1 heterocycles. The van der Waals surface area contributed by atoms with Crippen LogP contribution in [0.3, 0.4) is 0 Å². The zero-order chi connectivity index (χ0) is 21.2. The van der Waals surface area contributed by atoms with E-state index >= 15 is 0 Å². The number of hydrogen-bond donors (Lipinski definition) is 1. The molecule has 1 aromatic heterocycles. The molecule has 0 unspecified atom stereocenters. The quantitative estimate of drug-likeness (QED) is 0.701. The molecule has 1 saturated carbocycles. The minimum absolute atomic E-state index is 0.0328. The normalized spacial score (nSPS) is 22.4. The van der Waals surface area contributed by atoms with Crippen LogP contribution in [0.2, 0.25) is 0 Å². The number of nitrogens with zero attached hydrogens (tertiary/aromatic N) is 4. The van der Waals surface area contributed by atoms with Crippen LogP contribution in [0.1, 0.15) is 69.4 Å². The van der Waals surface area contributed by atoms with Gasteiger partial charge in [-0.05, 0) is 45.7 Å². The summed E-state index contributed by atoms with van der Waals surface area (Å²) in [7, 11) is 2.18. The second kappa shape index (κ2) is 8.31. The molecule has 4 rings (SSSR count). The highest BCUT2D eigenvalue weighted by molar-refractivity contribution is 5.33. The molecule has 0 radical (unpaired) electrons. The highest BCUT2D eigenvalue weighted by Crippen LogP contribution is 2.43. The average Bonchev–Trinajstić information content (AvgIpc) is 3.25. The summed E-state index contributed by atoms with van der Waals surface area (Å²) < 4.78 is 2.07. The van der Waals surface area contributed by atoms with Crippen molar-refractivity contribution < 1.29 is 5.32 Å². The molecule has 0 bridgehead atoms. The maximum Gasteiger partial charge on any atom is 0.213 e. The zero-order valence-electron chi connectivity index (χ0n) is 18.6. The lowest BCUT2D eigenvalue weighted by molar-refractivity contribution is -0.719. The van der Waals surface area contributed by atoms with Crippen LogP contribution in [-0.4, -0.2) is 27.3 Å². The minimum Gasteiger partial charge on any atom is -0.337 e. The van der Waals surface area contributed by atoms with Crippen LogP contribution >= 0.6 is 0 Å².